The fourth-order valence-electron chi connectivity index (χ4n) is 2.56. The van der Waals surface area contributed by atoms with E-state index in [0.29, 0.717) is 16.1 Å². The lowest BCUT2D eigenvalue weighted by atomic mass is 9.81. The van der Waals surface area contributed by atoms with E-state index in [-0.39, 0.29) is 16.9 Å². The summed E-state index contributed by atoms with van der Waals surface area (Å²) < 4.78 is 0. The van der Waals surface area contributed by atoms with Gasteiger partial charge in [-0.15, -0.1) is 0 Å². The molecule has 0 heterocycles. The van der Waals surface area contributed by atoms with Gasteiger partial charge in [0, 0.05) is 16.7 Å². The highest BCUT2D eigenvalue weighted by Crippen LogP contribution is 2.27. The summed E-state index contributed by atoms with van der Waals surface area (Å²) in [7, 11) is 0. The minimum Gasteiger partial charge on any atom is -0.389 e. The SMILES string of the molecule is CC(C)(C)CC(C)(C)NC(=O)c1cccc(C(N)=S)c1. The van der Waals surface area contributed by atoms with Crippen LogP contribution in [0.15, 0.2) is 24.3 Å². The number of rotatable bonds is 4. The smallest absolute Gasteiger partial charge is 0.251 e. The molecule has 1 aromatic carbocycles. The van der Waals surface area contributed by atoms with Crippen LogP contribution >= 0.6 is 12.2 Å². The van der Waals surface area contributed by atoms with Crippen LogP contribution in [0.3, 0.4) is 0 Å². The maximum Gasteiger partial charge on any atom is 0.251 e. The molecular weight excluding hydrogens is 268 g/mol. The van der Waals surface area contributed by atoms with Crippen LogP contribution < -0.4 is 11.1 Å². The molecule has 3 N–H and O–H groups in total. The molecule has 1 aromatic rings. The highest BCUT2D eigenvalue weighted by atomic mass is 32.1. The highest BCUT2D eigenvalue weighted by molar-refractivity contribution is 7.80. The van der Waals surface area contributed by atoms with Crippen molar-refractivity contribution in [2.24, 2.45) is 11.1 Å². The molecule has 3 nitrogen and oxygen atoms in total. The van der Waals surface area contributed by atoms with E-state index in [1.54, 1.807) is 24.3 Å². The van der Waals surface area contributed by atoms with E-state index >= 15 is 0 Å². The van der Waals surface area contributed by atoms with Crippen molar-refractivity contribution >= 4 is 23.1 Å². The lowest BCUT2D eigenvalue weighted by molar-refractivity contribution is 0.0891. The minimum absolute atomic E-state index is 0.0997. The summed E-state index contributed by atoms with van der Waals surface area (Å²) in [6.45, 7) is 10.6. The molecule has 0 spiro atoms. The zero-order chi connectivity index (χ0) is 15.6. The Bertz CT molecular complexity index is 515. The van der Waals surface area contributed by atoms with Crippen LogP contribution in [0.4, 0.5) is 0 Å². The number of carbonyl (C=O) groups is 1. The number of hydrogen-bond donors (Lipinski definition) is 2. The van der Waals surface area contributed by atoms with Gasteiger partial charge in [-0.3, -0.25) is 4.79 Å². The standard InChI is InChI=1S/C16H24N2OS/c1-15(2,3)10-16(4,5)18-14(19)12-8-6-7-11(9-12)13(17)20/h6-9H,10H2,1-5H3,(H2,17,20)(H,18,19). The van der Waals surface area contributed by atoms with E-state index in [1.165, 1.54) is 0 Å². The minimum atomic E-state index is -0.269. The molecule has 0 radical (unpaired) electrons. The molecule has 20 heavy (non-hydrogen) atoms. The average Bonchev–Trinajstić information content (AvgIpc) is 2.25. The third-order valence-electron chi connectivity index (χ3n) is 2.83. The molecule has 0 aliphatic heterocycles. The van der Waals surface area contributed by atoms with E-state index in [4.69, 9.17) is 18.0 Å². The second-order valence-electron chi connectivity index (χ2n) is 7.02. The largest absolute Gasteiger partial charge is 0.389 e. The lowest BCUT2D eigenvalue weighted by Gasteiger charge is -2.33. The van der Waals surface area contributed by atoms with Gasteiger partial charge in [0.1, 0.15) is 4.99 Å². The van der Waals surface area contributed by atoms with Crippen molar-refractivity contribution < 1.29 is 4.79 Å². The lowest BCUT2D eigenvalue weighted by Crippen LogP contribution is -2.45. The van der Waals surface area contributed by atoms with E-state index in [1.807, 2.05) is 13.8 Å². The van der Waals surface area contributed by atoms with Gasteiger partial charge in [-0.05, 0) is 37.8 Å². The fourth-order valence-corrected chi connectivity index (χ4v) is 2.69. The number of amides is 1. The summed E-state index contributed by atoms with van der Waals surface area (Å²) in [5.41, 5.74) is 6.76. The van der Waals surface area contributed by atoms with Gasteiger partial charge in [-0.25, -0.2) is 0 Å². The third kappa shape index (κ3) is 5.29. The summed E-state index contributed by atoms with van der Waals surface area (Å²) in [6, 6.07) is 7.09. The summed E-state index contributed by atoms with van der Waals surface area (Å²) in [5.74, 6) is -0.0997. The first kappa shape index (κ1) is 16.6. The third-order valence-corrected chi connectivity index (χ3v) is 3.07. The monoisotopic (exact) mass is 292 g/mol. The predicted molar refractivity (Wildman–Crippen MR) is 87.9 cm³/mol. The number of thiocarbonyl (C=S) groups is 1. The molecule has 0 aliphatic rings. The molecule has 0 saturated carbocycles. The summed E-state index contributed by atoms with van der Waals surface area (Å²) in [4.78, 5) is 12.6. The Balaban J connectivity index is 2.86. The van der Waals surface area contributed by atoms with Crippen molar-refractivity contribution in [1.29, 1.82) is 0 Å². The zero-order valence-electron chi connectivity index (χ0n) is 12.9. The van der Waals surface area contributed by atoms with E-state index < -0.39 is 0 Å². The van der Waals surface area contributed by atoms with Gasteiger partial charge in [0.15, 0.2) is 0 Å². The van der Waals surface area contributed by atoms with Crippen molar-refractivity contribution in [3.8, 4) is 0 Å². The van der Waals surface area contributed by atoms with Gasteiger partial charge in [0.2, 0.25) is 0 Å². The molecule has 4 heteroatoms. The first-order valence-electron chi connectivity index (χ1n) is 6.73. The zero-order valence-corrected chi connectivity index (χ0v) is 13.7. The van der Waals surface area contributed by atoms with Crippen molar-refractivity contribution in [3.05, 3.63) is 35.4 Å². The van der Waals surface area contributed by atoms with Gasteiger partial charge < -0.3 is 11.1 Å². The van der Waals surface area contributed by atoms with Gasteiger partial charge >= 0.3 is 0 Å². The van der Waals surface area contributed by atoms with Crippen molar-refractivity contribution in [2.75, 3.05) is 0 Å². The molecule has 1 rings (SSSR count). The fraction of sp³-hybridized carbons (Fsp3) is 0.500. The van der Waals surface area contributed by atoms with E-state index in [2.05, 4.69) is 26.1 Å². The van der Waals surface area contributed by atoms with E-state index in [0.717, 1.165) is 6.42 Å². The van der Waals surface area contributed by atoms with Crippen LogP contribution in [-0.4, -0.2) is 16.4 Å². The number of hydrogen-bond acceptors (Lipinski definition) is 2. The van der Waals surface area contributed by atoms with Crippen LogP contribution in [0.1, 0.15) is 57.0 Å². The Labute approximate surface area is 126 Å². The summed E-state index contributed by atoms with van der Waals surface area (Å²) in [6.07, 6.45) is 0.890. The average molecular weight is 292 g/mol. The van der Waals surface area contributed by atoms with E-state index in [9.17, 15) is 4.79 Å². The van der Waals surface area contributed by atoms with Gasteiger partial charge in [-0.1, -0.05) is 45.1 Å². The maximum absolute atomic E-state index is 12.3. The Morgan fingerprint density at radius 3 is 2.25 bits per heavy atom. The Hall–Kier alpha value is -1.42. The van der Waals surface area contributed by atoms with Crippen molar-refractivity contribution in [3.63, 3.8) is 0 Å². The maximum atomic E-state index is 12.3. The quantitative estimate of drug-likeness (QED) is 0.837. The number of carbonyl (C=O) groups excluding carboxylic acids is 1. The second kappa shape index (κ2) is 5.92. The molecule has 110 valence electrons. The first-order valence-corrected chi connectivity index (χ1v) is 7.13. The Kier molecular flexibility index (Phi) is 4.92. The van der Waals surface area contributed by atoms with Crippen molar-refractivity contribution in [2.45, 2.75) is 46.6 Å². The first-order chi connectivity index (χ1) is 9.00. The van der Waals surface area contributed by atoms with Crippen LogP contribution in [0.2, 0.25) is 0 Å². The van der Waals surface area contributed by atoms with Gasteiger partial charge in [-0.2, -0.15) is 0 Å². The van der Waals surface area contributed by atoms with Crippen LogP contribution in [0.25, 0.3) is 0 Å². The number of benzene rings is 1. The van der Waals surface area contributed by atoms with Crippen LogP contribution in [0, 0.1) is 5.41 Å². The van der Waals surface area contributed by atoms with Crippen molar-refractivity contribution in [1.82, 2.24) is 5.32 Å². The van der Waals surface area contributed by atoms with Gasteiger partial charge in [0.25, 0.3) is 5.91 Å². The predicted octanol–water partition coefficient (Wildman–Crippen LogP) is 3.27. The highest BCUT2D eigenvalue weighted by Gasteiger charge is 2.27. The second-order valence-corrected chi connectivity index (χ2v) is 7.46. The molecule has 0 unspecified atom stereocenters. The molecule has 0 bridgehead atoms. The molecule has 0 fully saturated rings. The van der Waals surface area contributed by atoms with Gasteiger partial charge in [0.05, 0.1) is 0 Å². The Morgan fingerprint density at radius 2 is 1.75 bits per heavy atom. The molecule has 1 amide bonds. The molecule has 0 aromatic heterocycles. The summed E-state index contributed by atoms with van der Waals surface area (Å²) >= 11 is 4.94. The van der Waals surface area contributed by atoms with Crippen LogP contribution in [0.5, 0.6) is 0 Å². The van der Waals surface area contributed by atoms with Crippen LogP contribution in [-0.2, 0) is 0 Å². The number of nitrogens with two attached hydrogens (primary N) is 1. The number of nitrogens with one attached hydrogen (secondary N) is 1. The molecule has 0 saturated heterocycles. The Morgan fingerprint density at radius 1 is 1.20 bits per heavy atom. The topological polar surface area (TPSA) is 55.1 Å². The summed E-state index contributed by atoms with van der Waals surface area (Å²) in [5, 5.41) is 3.07. The molecule has 0 aliphatic carbocycles. The molecule has 0 atom stereocenters. The molecular formula is C16H24N2OS. The normalized spacial score (nSPS) is 12.1.